The fraction of sp³-hybridized carbons (Fsp3) is 0.280. The Labute approximate surface area is 229 Å². The lowest BCUT2D eigenvalue weighted by Crippen LogP contribution is -2.43. The Morgan fingerprint density at radius 1 is 1.26 bits per heavy atom. The number of hydrogen-bond acceptors (Lipinski definition) is 10. The molecule has 0 radical (unpaired) electrons. The van der Waals surface area contributed by atoms with Crippen LogP contribution >= 0.6 is 11.8 Å². The molecule has 11 nitrogen and oxygen atoms in total. The fourth-order valence-electron chi connectivity index (χ4n) is 3.80. The van der Waals surface area contributed by atoms with Crippen molar-refractivity contribution in [3.8, 4) is 5.88 Å². The molecule has 2 heterocycles. The van der Waals surface area contributed by atoms with E-state index in [1.807, 2.05) is 6.26 Å². The SMILES string of the molecule is CSCC[C@H](NS(=O)(=O)c1cc(C)cc(N(C)c2nccc(N)n2)c1)C(=O)Oc1n[nH]c2cc(C)c(F)cc12. The number of halogens is 1. The van der Waals surface area contributed by atoms with Crippen molar-refractivity contribution in [2.75, 3.05) is 29.7 Å². The number of nitrogens with two attached hydrogens (primary N) is 1. The summed E-state index contributed by atoms with van der Waals surface area (Å²) >= 11 is 1.45. The van der Waals surface area contributed by atoms with Crippen molar-refractivity contribution in [1.82, 2.24) is 24.9 Å². The van der Waals surface area contributed by atoms with Crippen LogP contribution in [0.15, 0.2) is 47.5 Å². The Kier molecular flexibility index (Phi) is 8.37. The van der Waals surface area contributed by atoms with Crippen LogP contribution < -0.4 is 20.1 Å². The molecule has 0 saturated heterocycles. The van der Waals surface area contributed by atoms with Crippen LogP contribution in [0.4, 0.5) is 21.8 Å². The molecule has 0 amide bonds. The second-order valence-electron chi connectivity index (χ2n) is 8.90. The minimum atomic E-state index is -4.18. The summed E-state index contributed by atoms with van der Waals surface area (Å²) < 4.78 is 49.0. The van der Waals surface area contributed by atoms with Crippen LogP contribution in [-0.2, 0) is 14.8 Å². The average Bonchev–Trinajstić information content (AvgIpc) is 3.26. The van der Waals surface area contributed by atoms with Crippen molar-refractivity contribution in [2.45, 2.75) is 31.2 Å². The first-order valence-electron chi connectivity index (χ1n) is 11.8. The number of nitrogens with zero attached hydrogens (tertiary/aromatic N) is 4. The Morgan fingerprint density at radius 2 is 2.03 bits per heavy atom. The molecule has 0 unspecified atom stereocenters. The molecular weight excluding hydrogens is 545 g/mol. The largest absolute Gasteiger partial charge is 0.404 e. The highest BCUT2D eigenvalue weighted by Crippen LogP contribution is 2.28. The van der Waals surface area contributed by atoms with Gasteiger partial charge in [-0.25, -0.2) is 22.6 Å². The first-order chi connectivity index (χ1) is 18.5. The number of sulfonamides is 1. The van der Waals surface area contributed by atoms with Crippen LogP contribution in [-0.4, -0.2) is 59.7 Å². The molecule has 2 aromatic heterocycles. The van der Waals surface area contributed by atoms with Crippen LogP contribution in [0.25, 0.3) is 10.9 Å². The third kappa shape index (κ3) is 6.46. The third-order valence-corrected chi connectivity index (χ3v) is 7.99. The quantitative estimate of drug-likeness (QED) is 0.240. The van der Waals surface area contributed by atoms with Gasteiger partial charge in [0.1, 0.15) is 17.7 Å². The minimum Gasteiger partial charge on any atom is -0.404 e. The number of aromatic nitrogens is 4. The number of hydrogen-bond donors (Lipinski definition) is 3. The number of nitrogen functional groups attached to an aromatic ring is 1. The number of fused-ring (bicyclic) bond motifs is 1. The Hall–Kier alpha value is -3.75. The smallest absolute Gasteiger partial charge is 0.331 e. The first-order valence-corrected chi connectivity index (χ1v) is 14.7. The number of thioether (sulfide) groups is 1. The summed E-state index contributed by atoms with van der Waals surface area (Å²) in [6.45, 7) is 3.35. The first kappa shape index (κ1) is 28.3. The van der Waals surface area contributed by atoms with Gasteiger partial charge in [0.2, 0.25) is 21.9 Å². The monoisotopic (exact) mass is 573 g/mol. The summed E-state index contributed by atoms with van der Waals surface area (Å²) in [5, 5.41) is 6.94. The van der Waals surface area contributed by atoms with Gasteiger partial charge in [0.05, 0.1) is 15.8 Å². The molecule has 1 atom stereocenters. The molecule has 0 saturated carbocycles. The zero-order chi connectivity index (χ0) is 28.3. The van der Waals surface area contributed by atoms with Crippen LogP contribution in [0, 0.1) is 19.7 Å². The van der Waals surface area contributed by atoms with Crippen LogP contribution in [0.1, 0.15) is 17.5 Å². The lowest BCUT2D eigenvalue weighted by molar-refractivity contribution is -0.136. The highest BCUT2D eigenvalue weighted by molar-refractivity contribution is 7.98. The molecule has 0 fully saturated rings. The molecule has 0 aliphatic carbocycles. The highest BCUT2D eigenvalue weighted by atomic mass is 32.2. The molecule has 0 aliphatic heterocycles. The lowest BCUT2D eigenvalue weighted by atomic mass is 10.2. The van der Waals surface area contributed by atoms with E-state index < -0.39 is 27.9 Å². The zero-order valence-electron chi connectivity index (χ0n) is 21.7. The third-order valence-electron chi connectivity index (χ3n) is 5.89. The number of H-pyrrole nitrogens is 1. The predicted octanol–water partition coefficient (Wildman–Crippen LogP) is 3.46. The molecule has 0 spiro atoms. The fourth-order valence-corrected chi connectivity index (χ4v) is 5.61. The Balaban J connectivity index is 1.60. The second-order valence-corrected chi connectivity index (χ2v) is 11.6. The summed E-state index contributed by atoms with van der Waals surface area (Å²) in [5.41, 5.74) is 7.82. The molecule has 4 N–H and O–H groups in total. The van der Waals surface area contributed by atoms with E-state index in [4.69, 9.17) is 10.5 Å². The van der Waals surface area contributed by atoms with Crippen molar-refractivity contribution < 1.29 is 22.3 Å². The van der Waals surface area contributed by atoms with Gasteiger partial charge < -0.3 is 15.4 Å². The van der Waals surface area contributed by atoms with Crippen molar-refractivity contribution in [3.63, 3.8) is 0 Å². The van der Waals surface area contributed by atoms with E-state index in [9.17, 15) is 17.6 Å². The van der Waals surface area contributed by atoms with Gasteiger partial charge in [0.15, 0.2) is 0 Å². The number of ether oxygens (including phenoxy) is 1. The number of nitrogens with one attached hydrogen (secondary N) is 2. The van der Waals surface area contributed by atoms with Gasteiger partial charge >= 0.3 is 5.97 Å². The van der Waals surface area contributed by atoms with Gasteiger partial charge in [-0.2, -0.15) is 21.5 Å². The van der Waals surface area contributed by atoms with E-state index in [-0.39, 0.29) is 34.3 Å². The molecule has 0 bridgehead atoms. The number of carbonyl (C=O) groups excluding carboxylic acids is 1. The van der Waals surface area contributed by atoms with Gasteiger partial charge in [-0.1, -0.05) is 0 Å². The van der Waals surface area contributed by atoms with E-state index in [1.54, 1.807) is 44.0 Å². The summed E-state index contributed by atoms with van der Waals surface area (Å²) in [4.78, 5) is 23.0. The standard InChI is InChI=1S/C25H28FN7O4S2/c1-14-9-16(33(3)25-28-7-5-22(27)29-25)12-17(10-14)39(35,36)32-20(6-8-38-4)24(34)37-23-18-13-19(26)15(2)11-21(18)30-31-23/h5,7,9-13,20,32H,6,8H2,1-4H3,(H,30,31)(H2,27,28,29)/t20-/m0/s1. The van der Waals surface area contributed by atoms with E-state index in [0.717, 1.165) is 0 Å². The minimum absolute atomic E-state index is 0.0574. The molecule has 0 aliphatic rings. The number of aryl methyl sites for hydroxylation is 2. The van der Waals surface area contributed by atoms with Crippen LogP contribution in [0.2, 0.25) is 0 Å². The Morgan fingerprint density at radius 3 is 2.74 bits per heavy atom. The molecule has 2 aromatic carbocycles. The van der Waals surface area contributed by atoms with E-state index in [1.165, 1.54) is 36.2 Å². The summed E-state index contributed by atoms with van der Waals surface area (Å²) in [6.07, 6.45) is 3.50. The number of esters is 1. The Bertz CT molecular complexity index is 1630. The molecular formula is C25H28FN7O4S2. The van der Waals surface area contributed by atoms with Crippen LogP contribution in [0.5, 0.6) is 5.88 Å². The van der Waals surface area contributed by atoms with E-state index in [0.29, 0.717) is 28.1 Å². The number of benzene rings is 2. The maximum Gasteiger partial charge on any atom is 0.331 e. The molecule has 206 valence electrons. The predicted molar refractivity (Wildman–Crippen MR) is 149 cm³/mol. The maximum absolute atomic E-state index is 14.1. The van der Waals surface area contributed by atoms with Gasteiger partial charge in [0.25, 0.3) is 0 Å². The molecule has 14 heteroatoms. The highest BCUT2D eigenvalue weighted by Gasteiger charge is 2.29. The summed E-state index contributed by atoms with van der Waals surface area (Å²) in [7, 11) is -2.49. The number of rotatable bonds is 10. The normalized spacial score (nSPS) is 12.4. The number of aromatic amines is 1. The van der Waals surface area contributed by atoms with Crippen LogP contribution in [0.3, 0.4) is 0 Å². The van der Waals surface area contributed by atoms with Gasteiger partial charge in [0, 0.05) is 18.9 Å². The lowest BCUT2D eigenvalue weighted by Gasteiger charge is -2.20. The summed E-state index contributed by atoms with van der Waals surface area (Å²) in [5.74, 6) is -0.442. The van der Waals surface area contributed by atoms with Crippen molar-refractivity contribution >= 4 is 56.1 Å². The molecule has 4 aromatic rings. The molecule has 4 rings (SSSR count). The van der Waals surface area contributed by atoms with Gasteiger partial charge in [-0.15, -0.1) is 5.10 Å². The van der Waals surface area contributed by atoms with E-state index in [2.05, 4.69) is 24.9 Å². The molecule has 39 heavy (non-hydrogen) atoms. The maximum atomic E-state index is 14.1. The summed E-state index contributed by atoms with van der Waals surface area (Å²) in [6, 6.07) is 7.80. The van der Waals surface area contributed by atoms with Crippen molar-refractivity contribution in [1.29, 1.82) is 0 Å². The topological polar surface area (TPSA) is 156 Å². The number of carbonyl (C=O) groups is 1. The van der Waals surface area contributed by atoms with Gasteiger partial charge in [-0.3, -0.25) is 5.10 Å². The second kappa shape index (κ2) is 11.6. The van der Waals surface area contributed by atoms with E-state index >= 15 is 0 Å². The average molecular weight is 574 g/mol. The van der Waals surface area contributed by atoms with Crippen molar-refractivity contribution in [2.24, 2.45) is 0 Å². The zero-order valence-corrected chi connectivity index (χ0v) is 23.4. The van der Waals surface area contributed by atoms with Crippen molar-refractivity contribution in [3.05, 3.63) is 59.5 Å². The number of anilines is 3. The van der Waals surface area contributed by atoms with Gasteiger partial charge in [-0.05, 0) is 79.8 Å².